The summed E-state index contributed by atoms with van der Waals surface area (Å²) in [5, 5.41) is 3.01. The number of methoxy groups -OCH3 is 2. The number of nitrogens with one attached hydrogen (secondary N) is 1. The third-order valence-electron chi connectivity index (χ3n) is 2.91. The molecule has 0 aromatic carbocycles. The zero-order valence-electron chi connectivity index (χ0n) is 13.2. The van der Waals surface area contributed by atoms with Crippen LogP contribution in [0, 0.1) is 0 Å². The Bertz CT molecular complexity index is 603. The number of anilines is 2. The second-order valence-corrected chi connectivity index (χ2v) is 5.99. The molecule has 1 heterocycles. The van der Waals surface area contributed by atoms with Crippen molar-refractivity contribution in [2.75, 3.05) is 29.9 Å². The highest BCUT2D eigenvalue weighted by atomic mass is 127. The molecule has 0 fully saturated rings. The molecule has 9 nitrogen and oxygen atoms in total. The van der Waals surface area contributed by atoms with Crippen molar-refractivity contribution in [2.24, 2.45) is 0 Å². The molecule has 1 aromatic rings. The number of ether oxygens (including phenoxy) is 2. The summed E-state index contributed by atoms with van der Waals surface area (Å²) < 4.78 is 21.7. The minimum Gasteiger partial charge on any atom is -0.469 e. The van der Waals surface area contributed by atoms with Crippen molar-refractivity contribution < 1.29 is 27.0 Å². The normalized spacial score (nSPS) is 11.5. The molecule has 0 saturated carbocycles. The fourth-order valence-corrected chi connectivity index (χ4v) is 2.67. The van der Waals surface area contributed by atoms with Gasteiger partial charge in [0.15, 0.2) is 5.82 Å². The lowest BCUT2D eigenvalue weighted by Gasteiger charge is -2.21. The number of carbonyl (C=O) groups excluding carboxylic acids is 2. The Morgan fingerprint density at radius 3 is 2.58 bits per heavy atom. The molecule has 0 aliphatic heterocycles. The molecule has 24 heavy (non-hydrogen) atoms. The fourth-order valence-electron chi connectivity index (χ4n) is 1.76. The Kier molecular flexibility index (Phi) is 8.85. The van der Waals surface area contributed by atoms with E-state index in [1.54, 1.807) is 6.07 Å². The lowest BCUT2D eigenvalue weighted by atomic mass is 10.1. The first-order valence-electron chi connectivity index (χ1n) is 6.66. The topological polar surface area (TPSA) is 107 Å². The molecule has 0 radical (unpaired) electrons. The quantitative estimate of drug-likeness (QED) is 0.190. The van der Waals surface area contributed by atoms with Crippen molar-refractivity contribution in [1.82, 2.24) is 4.98 Å². The number of rotatable bonds is 9. The van der Waals surface area contributed by atoms with E-state index in [0.717, 1.165) is 3.28 Å². The molecule has 1 unspecified atom stereocenters. The molecule has 1 rings (SSSR count). The molecule has 0 aliphatic rings. The van der Waals surface area contributed by atoms with E-state index in [9.17, 15) is 12.7 Å². The number of hydrogen-bond acceptors (Lipinski definition) is 8. The van der Waals surface area contributed by atoms with Crippen LogP contribution in [-0.4, -0.2) is 44.3 Å². The summed E-state index contributed by atoms with van der Waals surface area (Å²) in [6, 6.07) is 2.17. The summed E-state index contributed by atoms with van der Waals surface area (Å²) >= 11 is 4.20. The minimum atomic E-state index is -1.68. The smallest absolute Gasteiger partial charge is 0.328 e. The van der Waals surface area contributed by atoms with Crippen LogP contribution in [0.25, 0.3) is 0 Å². The summed E-state index contributed by atoms with van der Waals surface area (Å²) in [6.07, 6.45) is 0.119. The third-order valence-corrected chi connectivity index (χ3v) is 4.40. The van der Waals surface area contributed by atoms with Crippen molar-refractivity contribution in [3.63, 3.8) is 0 Å². The van der Waals surface area contributed by atoms with Crippen molar-refractivity contribution in [3.05, 3.63) is 17.3 Å². The number of aromatic nitrogens is 1. The number of halogens is 2. The van der Waals surface area contributed by atoms with Crippen LogP contribution >= 0.6 is 33.1 Å². The zero-order valence-corrected chi connectivity index (χ0v) is 16.2. The van der Waals surface area contributed by atoms with Gasteiger partial charge in [-0.25, -0.2) is 12.8 Å². The maximum Gasteiger partial charge on any atom is 0.328 e. The highest BCUT2D eigenvalue weighted by molar-refractivity contribution is 14.1. The predicted molar refractivity (Wildman–Crippen MR) is 94.1 cm³/mol. The largest absolute Gasteiger partial charge is 0.469 e. The standard InChI is InChI=1S/C13H17ClIN3O6/c1-22-11(19)7-4-8(13(20)23-2)16-12-9(18(15-21)24-3)5-6-10(14)17-12/h5-6,8H,4,7H2,1-3H3,(H,16,17). The Labute approximate surface area is 154 Å². The molecular formula is C13H17ClIN3O6. The fraction of sp³-hybridized carbons (Fsp3) is 0.462. The molecule has 1 aromatic heterocycles. The minimum absolute atomic E-state index is 0.00163. The second-order valence-electron chi connectivity index (χ2n) is 4.33. The summed E-state index contributed by atoms with van der Waals surface area (Å²) in [7, 11) is 3.84. The van der Waals surface area contributed by atoms with Gasteiger partial charge in [-0.1, -0.05) is 11.6 Å². The van der Waals surface area contributed by atoms with Crippen LogP contribution in [-0.2, 0) is 27.0 Å². The monoisotopic (exact) mass is 473 g/mol. The zero-order chi connectivity index (χ0) is 18.1. The molecule has 11 heteroatoms. The van der Waals surface area contributed by atoms with Crippen LogP contribution in [0.15, 0.2) is 12.1 Å². The highest BCUT2D eigenvalue weighted by Gasteiger charge is 2.24. The average Bonchev–Trinajstić information content (AvgIpc) is 2.59. The molecule has 1 N–H and O–H groups in total. The first-order chi connectivity index (χ1) is 11.5. The lowest BCUT2D eigenvalue weighted by Crippen LogP contribution is -2.32. The first-order valence-corrected chi connectivity index (χ1v) is 8.88. The van der Waals surface area contributed by atoms with Gasteiger partial charge in [-0.05, 0) is 18.6 Å². The van der Waals surface area contributed by atoms with Crippen LogP contribution in [0.2, 0.25) is 5.15 Å². The van der Waals surface area contributed by atoms with E-state index < -0.39 is 39.4 Å². The molecule has 0 aliphatic carbocycles. The van der Waals surface area contributed by atoms with Crippen LogP contribution in [0.4, 0.5) is 11.5 Å². The van der Waals surface area contributed by atoms with Gasteiger partial charge in [-0.2, -0.15) is 3.28 Å². The Balaban J connectivity index is 3.07. The van der Waals surface area contributed by atoms with E-state index in [1.165, 1.54) is 27.4 Å². The average molecular weight is 474 g/mol. The summed E-state index contributed by atoms with van der Waals surface area (Å²) in [4.78, 5) is 32.3. The van der Waals surface area contributed by atoms with Crippen LogP contribution in [0.1, 0.15) is 12.8 Å². The lowest BCUT2D eigenvalue weighted by molar-refractivity contribution is -0.143. The van der Waals surface area contributed by atoms with E-state index in [1.807, 2.05) is 0 Å². The predicted octanol–water partition coefficient (Wildman–Crippen LogP) is 2.24. The SMILES string of the molecule is COC(=O)CCC(Nc1nc(Cl)ccc1N(OC)I=O)C(=O)OC. The highest BCUT2D eigenvalue weighted by Crippen LogP contribution is 2.31. The van der Waals surface area contributed by atoms with Crippen molar-refractivity contribution >= 4 is 56.5 Å². The number of esters is 2. The van der Waals surface area contributed by atoms with Gasteiger partial charge in [0.05, 0.1) is 21.3 Å². The van der Waals surface area contributed by atoms with Crippen molar-refractivity contribution in [2.45, 2.75) is 18.9 Å². The van der Waals surface area contributed by atoms with E-state index in [4.69, 9.17) is 21.2 Å². The van der Waals surface area contributed by atoms with Gasteiger partial charge in [-0.3, -0.25) is 9.63 Å². The maximum atomic E-state index is 11.9. The van der Waals surface area contributed by atoms with Crippen molar-refractivity contribution in [3.8, 4) is 0 Å². The molecule has 0 saturated heterocycles. The Morgan fingerprint density at radius 2 is 2.04 bits per heavy atom. The number of pyridine rings is 1. The van der Waals surface area contributed by atoms with Gasteiger partial charge >= 0.3 is 33.4 Å². The van der Waals surface area contributed by atoms with Gasteiger partial charge in [0.1, 0.15) is 16.9 Å². The summed E-state index contributed by atoms with van der Waals surface area (Å²) in [5.74, 6) is -0.874. The first kappa shape index (κ1) is 20.5. The van der Waals surface area contributed by atoms with Gasteiger partial charge in [-0.15, -0.1) is 0 Å². The van der Waals surface area contributed by atoms with Gasteiger partial charge < -0.3 is 14.8 Å². The molecule has 0 bridgehead atoms. The summed E-state index contributed by atoms with van der Waals surface area (Å²) in [5.41, 5.74) is 0.344. The van der Waals surface area contributed by atoms with E-state index in [2.05, 4.69) is 15.0 Å². The number of carbonyl (C=O) groups is 2. The molecular weight excluding hydrogens is 457 g/mol. The van der Waals surface area contributed by atoms with Crippen molar-refractivity contribution in [1.29, 1.82) is 0 Å². The summed E-state index contributed by atoms with van der Waals surface area (Å²) in [6.45, 7) is 0. The number of nitrogens with zero attached hydrogens (tertiary/aromatic N) is 2. The Morgan fingerprint density at radius 1 is 1.33 bits per heavy atom. The molecule has 134 valence electrons. The molecule has 1 atom stereocenters. The Hall–Kier alpha value is -1.53. The molecule has 0 spiro atoms. The second kappa shape index (κ2) is 10.4. The molecule has 0 amide bonds. The van der Waals surface area contributed by atoms with Crippen LogP contribution in [0.5, 0.6) is 0 Å². The van der Waals surface area contributed by atoms with E-state index in [0.29, 0.717) is 5.69 Å². The van der Waals surface area contributed by atoms with E-state index >= 15 is 0 Å². The van der Waals surface area contributed by atoms with Gasteiger partial charge in [0, 0.05) is 6.42 Å². The van der Waals surface area contributed by atoms with Crippen LogP contribution < -0.4 is 8.59 Å². The van der Waals surface area contributed by atoms with Gasteiger partial charge in [0.25, 0.3) is 0 Å². The van der Waals surface area contributed by atoms with E-state index in [-0.39, 0.29) is 23.8 Å². The maximum absolute atomic E-state index is 11.9. The van der Waals surface area contributed by atoms with Crippen LogP contribution in [0.3, 0.4) is 0 Å². The third kappa shape index (κ3) is 5.83. The van der Waals surface area contributed by atoms with Gasteiger partial charge in [0.2, 0.25) is 0 Å². The number of hydrogen-bond donors (Lipinski definition) is 1.